The number of fused-ring (bicyclic) bond motifs is 2. The first kappa shape index (κ1) is 8.65. The predicted octanol–water partition coefficient (Wildman–Crippen LogP) is 1.10. The van der Waals surface area contributed by atoms with Gasteiger partial charge in [0.1, 0.15) is 0 Å². The Bertz CT molecular complexity index is 409. The van der Waals surface area contributed by atoms with Crippen molar-refractivity contribution in [1.29, 1.82) is 0 Å². The standard InChI is InChI=1S/C12H10O3/c13-11-9-5-7-3-1-2-4-8(7)6-10(9)12(14)15-11/h1-4,9-10H,5-6H2/t9-,10-/m1/s1. The number of hydrogen-bond donors (Lipinski definition) is 0. The van der Waals surface area contributed by atoms with Crippen LogP contribution in [0.1, 0.15) is 11.1 Å². The molecule has 0 aromatic heterocycles. The third-order valence-electron chi connectivity index (χ3n) is 3.29. The molecule has 1 aromatic rings. The van der Waals surface area contributed by atoms with Gasteiger partial charge in [0.15, 0.2) is 0 Å². The minimum atomic E-state index is -0.348. The third-order valence-corrected chi connectivity index (χ3v) is 3.29. The van der Waals surface area contributed by atoms with Crippen molar-refractivity contribution in [2.75, 3.05) is 0 Å². The van der Waals surface area contributed by atoms with Crippen molar-refractivity contribution < 1.29 is 14.3 Å². The predicted molar refractivity (Wildman–Crippen MR) is 51.9 cm³/mol. The number of esters is 2. The van der Waals surface area contributed by atoms with E-state index in [1.807, 2.05) is 24.3 Å². The number of cyclic esters (lactones) is 2. The number of hydrogen-bond acceptors (Lipinski definition) is 3. The Morgan fingerprint density at radius 3 is 1.87 bits per heavy atom. The van der Waals surface area contributed by atoms with E-state index in [9.17, 15) is 9.59 Å². The number of carbonyl (C=O) groups excluding carboxylic acids is 2. The van der Waals surface area contributed by atoms with E-state index in [1.165, 1.54) is 11.1 Å². The molecule has 0 bridgehead atoms. The van der Waals surface area contributed by atoms with Gasteiger partial charge in [0.05, 0.1) is 11.8 Å². The van der Waals surface area contributed by atoms with Crippen LogP contribution >= 0.6 is 0 Å². The normalized spacial score (nSPS) is 28.3. The second-order valence-corrected chi connectivity index (χ2v) is 4.13. The van der Waals surface area contributed by atoms with Gasteiger partial charge in [-0.1, -0.05) is 24.3 Å². The summed E-state index contributed by atoms with van der Waals surface area (Å²) in [5, 5.41) is 0. The van der Waals surface area contributed by atoms with Crippen LogP contribution in [0.3, 0.4) is 0 Å². The summed E-state index contributed by atoms with van der Waals surface area (Å²) in [6.45, 7) is 0. The molecule has 2 atom stereocenters. The zero-order valence-corrected chi connectivity index (χ0v) is 8.10. The van der Waals surface area contributed by atoms with E-state index >= 15 is 0 Å². The van der Waals surface area contributed by atoms with Crippen molar-refractivity contribution in [2.45, 2.75) is 12.8 Å². The summed E-state index contributed by atoms with van der Waals surface area (Å²) in [5.41, 5.74) is 2.34. The maximum atomic E-state index is 11.4. The van der Waals surface area contributed by atoms with E-state index in [2.05, 4.69) is 4.74 Å². The average molecular weight is 202 g/mol. The maximum absolute atomic E-state index is 11.4. The highest BCUT2D eigenvalue weighted by Gasteiger charge is 2.46. The SMILES string of the molecule is O=C1OC(=O)[C@@H]2Cc3ccccc3C[C@@H]12. The highest BCUT2D eigenvalue weighted by molar-refractivity contribution is 5.97. The number of rotatable bonds is 0. The molecular formula is C12H10O3. The molecular weight excluding hydrogens is 192 g/mol. The molecule has 0 amide bonds. The molecule has 1 aliphatic carbocycles. The van der Waals surface area contributed by atoms with Gasteiger partial charge in [0.25, 0.3) is 0 Å². The van der Waals surface area contributed by atoms with Crippen molar-refractivity contribution in [2.24, 2.45) is 11.8 Å². The molecule has 1 saturated heterocycles. The molecule has 1 aromatic carbocycles. The molecule has 0 radical (unpaired) electrons. The van der Waals surface area contributed by atoms with E-state index in [4.69, 9.17) is 0 Å². The summed E-state index contributed by atoms with van der Waals surface area (Å²) in [6, 6.07) is 7.95. The van der Waals surface area contributed by atoms with Crippen LogP contribution < -0.4 is 0 Å². The molecule has 0 spiro atoms. The zero-order chi connectivity index (χ0) is 10.4. The van der Waals surface area contributed by atoms with Crippen molar-refractivity contribution in [3.63, 3.8) is 0 Å². The molecule has 3 rings (SSSR count). The quantitative estimate of drug-likeness (QED) is 0.467. The Morgan fingerprint density at radius 1 is 0.933 bits per heavy atom. The Morgan fingerprint density at radius 2 is 1.40 bits per heavy atom. The Labute approximate surface area is 87.0 Å². The van der Waals surface area contributed by atoms with Gasteiger partial charge in [0, 0.05) is 0 Å². The second-order valence-electron chi connectivity index (χ2n) is 4.13. The lowest BCUT2D eigenvalue weighted by atomic mass is 9.77. The number of carbonyl (C=O) groups is 2. The molecule has 3 heteroatoms. The highest BCUT2D eigenvalue weighted by Crippen LogP contribution is 2.35. The Hall–Kier alpha value is -1.64. The van der Waals surface area contributed by atoms with Crippen molar-refractivity contribution >= 4 is 11.9 Å². The fourth-order valence-corrected chi connectivity index (χ4v) is 2.46. The van der Waals surface area contributed by atoms with Gasteiger partial charge >= 0.3 is 11.9 Å². The van der Waals surface area contributed by atoms with Crippen molar-refractivity contribution in [1.82, 2.24) is 0 Å². The van der Waals surface area contributed by atoms with Gasteiger partial charge in [-0.15, -0.1) is 0 Å². The van der Waals surface area contributed by atoms with E-state index in [-0.39, 0.29) is 23.8 Å². The molecule has 1 fully saturated rings. The molecule has 1 heterocycles. The van der Waals surface area contributed by atoms with Crippen molar-refractivity contribution in [3.8, 4) is 0 Å². The Kier molecular flexibility index (Phi) is 1.69. The van der Waals surface area contributed by atoms with Gasteiger partial charge in [-0.25, -0.2) is 0 Å². The molecule has 0 N–H and O–H groups in total. The van der Waals surface area contributed by atoms with Gasteiger partial charge in [0.2, 0.25) is 0 Å². The number of ether oxygens (including phenoxy) is 1. The fourth-order valence-electron chi connectivity index (χ4n) is 2.46. The summed E-state index contributed by atoms with van der Waals surface area (Å²) in [7, 11) is 0. The molecule has 1 aliphatic heterocycles. The molecule has 2 aliphatic rings. The zero-order valence-electron chi connectivity index (χ0n) is 8.10. The van der Waals surface area contributed by atoms with Gasteiger partial charge in [-0.2, -0.15) is 0 Å². The van der Waals surface area contributed by atoms with Crippen LogP contribution in [0.2, 0.25) is 0 Å². The highest BCUT2D eigenvalue weighted by atomic mass is 16.6. The Balaban J connectivity index is 2.03. The monoisotopic (exact) mass is 202 g/mol. The van der Waals surface area contributed by atoms with Gasteiger partial charge < -0.3 is 4.74 Å². The lowest BCUT2D eigenvalue weighted by Crippen LogP contribution is -2.27. The summed E-state index contributed by atoms with van der Waals surface area (Å²) >= 11 is 0. The smallest absolute Gasteiger partial charge is 0.317 e. The number of benzene rings is 1. The van der Waals surface area contributed by atoms with Crippen LogP contribution in [0.4, 0.5) is 0 Å². The molecule has 0 saturated carbocycles. The summed E-state index contributed by atoms with van der Waals surface area (Å²) in [6.07, 6.45) is 1.29. The average Bonchev–Trinajstić information content (AvgIpc) is 2.52. The van der Waals surface area contributed by atoms with Crippen LogP contribution in [0.25, 0.3) is 0 Å². The molecule has 0 unspecified atom stereocenters. The van der Waals surface area contributed by atoms with E-state index < -0.39 is 0 Å². The van der Waals surface area contributed by atoms with E-state index in [1.54, 1.807) is 0 Å². The largest absolute Gasteiger partial charge is 0.393 e. The van der Waals surface area contributed by atoms with E-state index in [0.29, 0.717) is 12.8 Å². The first-order valence-electron chi connectivity index (χ1n) is 5.08. The topological polar surface area (TPSA) is 43.4 Å². The molecule has 3 nitrogen and oxygen atoms in total. The van der Waals surface area contributed by atoms with Crippen LogP contribution in [0, 0.1) is 11.8 Å². The van der Waals surface area contributed by atoms with Crippen LogP contribution in [-0.4, -0.2) is 11.9 Å². The van der Waals surface area contributed by atoms with Crippen LogP contribution in [0.5, 0.6) is 0 Å². The first-order chi connectivity index (χ1) is 7.25. The summed E-state index contributed by atoms with van der Waals surface area (Å²) in [4.78, 5) is 22.8. The van der Waals surface area contributed by atoms with Crippen LogP contribution in [-0.2, 0) is 27.2 Å². The third kappa shape index (κ3) is 1.19. The maximum Gasteiger partial charge on any atom is 0.317 e. The lowest BCUT2D eigenvalue weighted by molar-refractivity contribution is -0.153. The van der Waals surface area contributed by atoms with Crippen LogP contribution in [0.15, 0.2) is 24.3 Å². The van der Waals surface area contributed by atoms with Gasteiger partial charge in [-0.05, 0) is 24.0 Å². The first-order valence-corrected chi connectivity index (χ1v) is 5.08. The van der Waals surface area contributed by atoms with Crippen molar-refractivity contribution in [3.05, 3.63) is 35.4 Å². The molecule has 15 heavy (non-hydrogen) atoms. The second kappa shape index (κ2) is 2.92. The summed E-state index contributed by atoms with van der Waals surface area (Å²) in [5.74, 6) is -1.18. The lowest BCUT2D eigenvalue weighted by Gasteiger charge is -2.22. The summed E-state index contributed by atoms with van der Waals surface area (Å²) < 4.78 is 4.66. The minimum absolute atomic E-state index is 0.243. The molecule has 76 valence electrons. The minimum Gasteiger partial charge on any atom is -0.393 e. The van der Waals surface area contributed by atoms with E-state index in [0.717, 1.165) is 0 Å². The van der Waals surface area contributed by atoms with Gasteiger partial charge in [-0.3, -0.25) is 9.59 Å². The fraction of sp³-hybridized carbons (Fsp3) is 0.333.